The minimum atomic E-state index is 0.333. The van der Waals surface area contributed by atoms with E-state index < -0.39 is 0 Å². The Labute approximate surface area is 94.6 Å². The lowest BCUT2D eigenvalue weighted by Crippen LogP contribution is -1.96. The van der Waals surface area contributed by atoms with Gasteiger partial charge in [0, 0.05) is 5.56 Å². The molecule has 0 unspecified atom stereocenters. The summed E-state index contributed by atoms with van der Waals surface area (Å²) < 4.78 is 5.44. The molecule has 0 amide bonds. The summed E-state index contributed by atoms with van der Waals surface area (Å²) in [6.45, 7) is 2.79. The zero-order valence-electron chi connectivity index (χ0n) is 8.87. The molecule has 0 bridgehead atoms. The van der Waals surface area contributed by atoms with Gasteiger partial charge in [-0.15, -0.1) is 0 Å². The summed E-state index contributed by atoms with van der Waals surface area (Å²) in [7, 11) is 1.46. The first kappa shape index (κ1) is 11.9. The number of hydrogen-bond donors (Lipinski definition) is 0. The van der Waals surface area contributed by atoms with Crippen LogP contribution in [-0.2, 0) is 4.84 Å². The summed E-state index contributed by atoms with van der Waals surface area (Å²) in [4.78, 5) is 4.58. The Morgan fingerprint density at radius 1 is 1.33 bits per heavy atom. The Morgan fingerprint density at radius 2 is 2.00 bits per heavy atom. The smallest absolute Gasteiger partial charge is 0.175 e. The van der Waals surface area contributed by atoms with Crippen molar-refractivity contribution in [1.29, 1.82) is 0 Å². The average Bonchev–Trinajstić information content (AvgIpc) is 2.27. The first-order valence-corrected chi connectivity index (χ1v) is 5.15. The zero-order valence-corrected chi connectivity index (χ0v) is 9.62. The van der Waals surface area contributed by atoms with E-state index in [0.717, 1.165) is 24.3 Å². The molecule has 0 N–H and O–H groups in total. The fraction of sp³-hybridized carbons (Fsp3) is 0.364. The van der Waals surface area contributed by atoms with Crippen LogP contribution < -0.4 is 4.74 Å². The molecule has 3 nitrogen and oxygen atoms in total. The Hall–Kier alpha value is -1.22. The highest BCUT2D eigenvalue weighted by molar-refractivity contribution is 6.69. The Kier molecular flexibility index (Phi) is 4.98. The number of ether oxygens (including phenoxy) is 1. The van der Waals surface area contributed by atoms with E-state index in [4.69, 9.17) is 16.3 Å². The van der Waals surface area contributed by atoms with Gasteiger partial charge in [0.25, 0.3) is 0 Å². The number of rotatable bonds is 5. The number of hydrogen-bond acceptors (Lipinski definition) is 3. The summed E-state index contributed by atoms with van der Waals surface area (Å²) in [5, 5.41) is 3.96. The van der Waals surface area contributed by atoms with Crippen LogP contribution in [0.1, 0.15) is 18.9 Å². The highest BCUT2D eigenvalue weighted by Gasteiger charge is 2.00. The maximum Gasteiger partial charge on any atom is 0.175 e. The minimum Gasteiger partial charge on any atom is -0.494 e. The molecule has 0 aliphatic rings. The normalized spacial score (nSPS) is 11.3. The molecular weight excluding hydrogens is 214 g/mol. The molecule has 1 rings (SSSR count). The lowest BCUT2D eigenvalue weighted by Gasteiger charge is -2.04. The van der Waals surface area contributed by atoms with E-state index in [1.807, 2.05) is 24.3 Å². The molecule has 82 valence electrons. The number of nitrogens with zero attached hydrogens (tertiary/aromatic N) is 1. The molecule has 1 aromatic rings. The number of halogens is 1. The molecule has 0 aromatic heterocycles. The van der Waals surface area contributed by atoms with E-state index >= 15 is 0 Å². The van der Waals surface area contributed by atoms with Crippen molar-refractivity contribution in [2.24, 2.45) is 5.16 Å². The molecule has 0 aliphatic heterocycles. The van der Waals surface area contributed by atoms with Crippen molar-refractivity contribution in [3.05, 3.63) is 29.8 Å². The first-order valence-electron chi connectivity index (χ1n) is 4.77. The van der Waals surface area contributed by atoms with Crippen molar-refractivity contribution in [1.82, 2.24) is 0 Å². The second-order valence-corrected chi connectivity index (χ2v) is 3.30. The van der Waals surface area contributed by atoms with E-state index in [1.54, 1.807) is 0 Å². The van der Waals surface area contributed by atoms with E-state index in [-0.39, 0.29) is 0 Å². The molecule has 0 heterocycles. The maximum absolute atomic E-state index is 5.85. The van der Waals surface area contributed by atoms with Crippen LogP contribution in [0, 0.1) is 0 Å². The maximum atomic E-state index is 5.85. The summed E-state index contributed by atoms with van der Waals surface area (Å²) >= 11 is 5.85. The van der Waals surface area contributed by atoms with Crippen molar-refractivity contribution in [2.45, 2.75) is 13.3 Å². The van der Waals surface area contributed by atoms with E-state index in [0.29, 0.717) is 5.17 Å². The van der Waals surface area contributed by atoms with Crippen molar-refractivity contribution >= 4 is 16.8 Å². The predicted molar refractivity (Wildman–Crippen MR) is 61.6 cm³/mol. The molecule has 0 atom stereocenters. The van der Waals surface area contributed by atoms with Crippen LogP contribution in [0.2, 0.25) is 0 Å². The molecule has 4 heteroatoms. The summed E-state index contributed by atoms with van der Waals surface area (Å²) in [5.74, 6) is 0.836. The Morgan fingerprint density at radius 3 is 2.53 bits per heavy atom. The van der Waals surface area contributed by atoms with Crippen LogP contribution in [0.4, 0.5) is 0 Å². The Balaban J connectivity index is 2.67. The van der Waals surface area contributed by atoms with Gasteiger partial charge in [-0.3, -0.25) is 0 Å². The molecule has 0 radical (unpaired) electrons. The van der Waals surface area contributed by atoms with Crippen LogP contribution >= 0.6 is 11.6 Å². The second kappa shape index (κ2) is 6.30. The van der Waals surface area contributed by atoms with Gasteiger partial charge in [-0.25, -0.2) is 0 Å². The molecular formula is C11H14ClNO2. The molecule has 0 fully saturated rings. The highest BCUT2D eigenvalue weighted by atomic mass is 35.5. The SMILES string of the molecule is CCCOc1ccc(/C(Cl)=N/OC)cc1. The third-order valence-electron chi connectivity index (χ3n) is 1.74. The predicted octanol–water partition coefficient (Wildman–Crippen LogP) is 3.02. The molecule has 0 saturated heterocycles. The summed E-state index contributed by atoms with van der Waals surface area (Å²) in [6.07, 6.45) is 0.994. The molecule has 0 saturated carbocycles. The average molecular weight is 228 g/mol. The number of benzene rings is 1. The van der Waals surface area contributed by atoms with E-state index in [2.05, 4.69) is 16.9 Å². The van der Waals surface area contributed by atoms with Gasteiger partial charge < -0.3 is 9.57 Å². The largest absolute Gasteiger partial charge is 0.494 e. The molecule has 1 aromatic carbocycles. The van der Waals surface area contributed by atoms with Gasteiger partial charge in [-0.1, -0.05) is 23.7 Å². The summed E-state index contributed by atoms with van der Waals surface area (Å²) in [6, 6.07) is 7.41. The van der Waals surface area contributed by atoms with Crippen molar-refractivity contribution in [3.8, 4) is 5.75 Å². The molecule has 15 heavy (non-hydrogen) atoms. The minimum absolute atomic E-state index is 0.333. The molecule has 0 aliphatic carbocycles. The topological polar surface area (TPSA) is 30.8 Å². The van der Waals surface area contributed by atoms with Crippen molar-refractivity contribution in [3.63, 3.8) is 0 Å². The standard InChI is InChI=1S/C11H14ClNO2/c1-3-8-15-10-6-4-9(5-7-10)11(12)13-14-2/h4-7H,3,8H2,1-2H3/b13-11-. The Bertz CT molecular complexity index is 322. The van der Waals surface area contributed by atoms with Crippen molar-refractivity contribution < 1.29 is 9.57 Å². The van der Waals surface area contributed by atoms with Crippen LogP contribution in [-0.4, -0.2) is 18.9 Å². The van der Waals surface area contributed by atoms with Gasteiger partial charge in [-0.05, 0) is 30.7 Å². The lowest BCUT2D eigenvalue weighted by molar-refractivity contribution is 0.214. The van der Waals surface area contributed by atoms with E-state index in [1.165, 1.54) is 7.11 Å². The lowest BCUT2D eigenvalue weighted by atomic mass is 10.2. The second-order valence-electron chi connectivity index (χ2n) is 2.94. The van der Waals surface area contributed by atoms with Crippen LogP contribution in [0.15, 0.2) is 29.4 Å². The van der Waals surface area contributed by atoms with Gasteiger partial charge in [0.15, 0.2) is 5.17 Å². The quantitative estimate of drug-likeness (QED) is 0.572. The highest BCUT2D eigenvalue weighted by Crippen LogP contribution is 2.14. The van der Waals surface area contributed by atoms with Crippen LogP contribution in [0.25, 0.3) is 0 Å². The fourth-order valence-corrected chi connectivity index (χ4v) is 1.24. The third-order valence-corrected chi connectivity index (χ3v) is 2.02. The summed E-state index contributed by atoms with van der Waals surface area (Å²) in [5.41, 5.74) is 0.808. The van der Waals surface area contributed by atoms with Gasteiger partial charge in [0.2, 0.25) is 0 Å². The van der Waals surface area contributed by atoms with Crippen LogP contribution in [0.3, 0.4) is 0 Å². The van der Waals surface area contributed by atoms with Gasteiger partial charge in [0.1, 0.15) is 12.9 Å². The van der Waals surface area contributed by atoms with Crippen LogP contribution in [0.5, 0.6) is 5.75 Å². The molecule has 0 spiro atoms. The van der Waals surface area contributed by atoms with Gasteiger partial charge in [-0.2, -0.15) is 0 Å². The fourth-order valence-electron chi connectivity index (χ4n) is 1.04. The zero-order chi connectivity index (χ0) is 11.1. The van der Waals surface area contributed by atoms with Gasteiger partial charge >= 0.3 is 0 Å². The van der Waals surface area contributed by atoms with Gasteiger partial charge in [0.05, 0.1) is 6.61 Å². The first-order chi connectivity index (χ1) is 7.27. The monoisotopic (exact) mass is 227 g/mol. The third kappa shape index (κ3) is 3.80. The number of oxime groups is 1. The van der Waals surface area contributed by atoms with E-state index in [9.17, 15) is 0 Å². The van der Waals surface area contributed by atoms with Crippen molar-refractivity contribution in [2.75, 3.05) is 13.7 Å².